The lowest BCUT2D eigenvalue weighted by molar-refractivity contribution is -0.137. The molecule has 0 aliphatic carbocycles. The highest BCUT2D eigenvalue weighted by molar-refractivity contribution is 5.95. The predicted molar refractivity (Wildman–Crippen MR) is 129 cm³/mol. The van der Waals surface area contributed by atoms with Crippen LogP contribution in [-0.2, 0) is 11.0 Å². The fourth-order valence-electron chi connectivity index (χ4n) is 5.49. The van der Waals surface area contributed by atoms with E-state index < -0.39 is 28.6 Å². The van der Waals surface area contributed by atoms with E-state index in [-0.39, 0.29) is 11.8 Å². The van der Waals surface area contributed by atoms with Crippen molar-refractivity contribution in [3.8, 4) is 6.07 Å². The maximum absolute atomic E-state index is 13.5. The minimum absolute atomic E-state index is 0.117. The van der Waals surface area contributed by atoms with Gasteiger partial charge in [0.25, 0.3) is 5.91 Å². The van der Waals surface area contributed by atoms with Gasteiger partial charge in [0.2, 0.25) is 5.91 Å². The quantitative estimate of drug-likeness (QED) is 0.685. The molecule has 36 heavy (non-hydrogen) atoms. The predicted octanol–water partition coefficient (Wildman–Crippen LogP) is 4.30. The van der Waals surface area contributed by atoms with Crippen LogP contribution in [0.2, 0.25) is 0 Å². The molecule has 2 fully saturated rings. The smallest absolute Gasteiger partial charge is 0.371 e. The topological polar surface area (TPSA) is 76.4 Å². The first-order valence-corrected chi connectivity index (χ1v) is 11.9. The molecule has 190 valence electrons. The normalized spacial score (nSPS) is 19.3. The van der Waals surface area contributed by atoms with E-state index >= 15 is 0 Å². The van der Waals surface area contributed by atoms with Gasteiger partial charge in [-0.15, -0.1) is 0 Å². The molecule has 0 aromatic heterocycles. The fourth-order valence-corrected chi connectivity index (χ4v) is 5.49. The van der Waals surface area contributed by atoms with Crippen LogP contribution < -0.4 is 10.2 Å². The van der Waals surface area contributed by atoms with Crippen molar-refractivity contribution in [1.29, 1.82) is 5.26 Å². The number of amides is 2. The largest absolute Gasteiger partial charge is 0.417 e. The summed E-state index contributed by atoms with van der Waals surface area (Å²) in [6.07, 6.45) is -3.50. The number of halogens is 3. The molecule has 1 atom stereocenters. The number of nitriles is 1. The van der Waals surface area contributed by atoms with Gasteiger partial charge in [-0.1, -0.05) is 6.07 Å². The van der Waals surface area contributed by atoms with Gasteiger partial charge < -0.3 is 15.1 Å². The first kappa shape index (κ1) is 25.5. The maximum Gasteiger partial charge on any atom is 0.417 e. The molecule has 2 aliphatic rings. The van der Waals surface area contributed by atoms with Crippen LogP contribution >= 0.6 is 0 Å². The van der Waals surface area contributed by atoms with Gasteiger partial charge in [-0.05, 0) is 68.1 Å². The molecule has 1 unspecified atom stereocenters. The van der Waals surface area contributed by atoms with Gasteiger partial charge in [0.1, 0.15) is 0 Å². The van der Waals surface area contributed by atoms with E-state index in [2.05, 4.69) is 5.32 Å². The van der Waals surface area contributed by atoms with E-state index in [0.717, 1.165) is 17.2 Å². The lowest BCUT2D eigenvalue weighted by atomic mass is 9.70. The number of hydrogen-bond acceptors (Lipinski definition) is 4. The van der Waals surface area contributed by atoms with Crippen molar-refractivity contribution in [2.75, 3.05) is 38.1 Å². The van der Waals surface area contributed by atoms with Gasteiger partial charge in [0, 0.05) is 49.9 Å². The van der Waals surface area contributed by atoms with Crippen LogP contribution in [0.5, 0.6) is 0 Å². The molecule has 2 heterocycles. The van der Waals surface area contributed by atoms with Crippen LogP contribution in [0.15, 0.2) is 36.4 Å². The zero-order valence-electron chi connectivity index (χ0n) is 20.6. The van der Waals surface area contributed by atoms with Crippen LogP contribution in [0, 0.1) is 36.5 Å². The Kier molecular flexibility index (Phi) is 6.74. The van der Waals surface area contributed by atoms with Crippen molar-refractivity contribution in [3.05, 3.63) is 64.2 Å². The first-order valence-electron chi connectivity index (χ1n) is 11.9. The number of likely N-dealkylation sites (tertiary alicyclic amines) is 1. The Morgan fingerprint density at radius 3 is 2.36 bits per heavy atom. The van der Waals surface area contributed by atoms with E-state index in [0.29, 0.717) is 50.3 Å². The minimum Gasteiger partial charge on any atom is -0.371 e. The molecule has 9 heteroatoms. The number of carbonyl (C=O) groups is 2. The second kappa shape index (κ2) is 9.49. The van der Waals surface area contributed by atoms with E-state index in [9.17, 15) is 22.8 Å². The molecule has 1 N–H and O–H groups in total. The summed E-state index contributed by atoms with van der Waals surface area (Å²) >= 11 is 0. The number of alkyl halides is 3. The van der Waals surface area contributed by atoms with E-state index in [1.807, 2.05) is 30.9 Å². The van der Waals surface area contributed by atoms with Crippen LogP contribution in [0.4, 0.5) is 18.9 Å². The van der Waals surface area contributed by atoms with Gasteiger partial charge in [-0.3, -0.25) is 9.59 Å². The zero-order valence-corrected chi connectivity index (χ0v) is 20.6. The van der Waals surface area contributed by atoms with Gasteiger partial charge in [0.15, 0.2) is 0 Å². The minimum atomic E-state index is -4.62. The lowest BCUT2D eigenvalue weighted by Gasteiger charge is -2.43. The highest BCUT2D eigenvalue weighted by Gasteiger charge is 2.52. The third-order valence-electron chi connectivity index (χ3n) is 7.81. The molecule has 2 aromatic rings. The number of carbonyl (C=O) groups excluding carboxylic acids is 2. The highest BCUT2D eigenvalue weighted by Crippen LogP contribution is 2.46. The molecular weight excluding hydrogens is 469 g/mol. The molecule has 2 aliphatic heterocycles. The number of nitrogens with one attached hydrogen (secondary N) is 1. The number of rotatable bonds is 3. The van der Waals surface area contributed by atoms with Gasteiger partial charge in [0.05, 0.1) is 23.1 Å². The highest BCUT2D eigenvalue weighted by atomic mass is 19.4. The Morgan fingerprint density at radius 1 is 1.08 bits per heavy atom. The van der Waals surface area contributed by atoms with Crippen molar-refractivity contribution in [3.63, 3.8) is 0 Å². The number of anilines is 1. The van der Waals surface area contributed by atoms with Crippen LogP contribution in [0.25, 0.3) is 0 Å². The SMILES string of the molecule is CNC(=O)C1CN(C(=O)c2ccc(C)c(C)c2)CC12CCN(c1ccc(C#N)c(C(F)(F)F)c1)CC2. The summed E-state index contributed by atoms with van der Waals surface area (Å²) in [5.41, 5.74) is 1.29. The van der Waals surface area contributed by atoms with Crippen LogP contribution in [0.3, 0.4) is 0 Å². The summed E-state index contributed by atoms with van der Waals surface area (Å²) in [5.74, 6) is -0.642. The van der Waals surface area contributed by atoms with Crippen molar-refractivity contribution < 1.29 is 22.8 Å². The number of aryl methyl sites for hydroxylation is 2. The Bertz CT molecular complexity index is 1230. The second-order valence-corrected chi connectivity index (χ2v) is 9.84. The first-order chi connectivity index (χ1) is 17.0. The number of piperidine rings is 1. The molecule has 2 saturated heterocycles. The second-order valence-electron chi connectivity index (χ2n) is 9.84. The molecule has 1 spiro atoms. The Hall–Kier alpha value is -3.54. The van der Waals surface area contributed by atoms with Crippen molar-refractivity contribution in [1.82, 2.24) is 10.2 Å². The molecule has 6 nitrogen and oxygen atoms in total. The van der Waals surface area contributed by atoms with Crippen molar-refractivity contribution >= 4 is 17.5 Å². The molecule has 4 rings (SSSR count). The number of benzene rings is 2. The van der Waals surface area contributed by atoms with Crippen molar-refractivity contribution in [2.24, 2.45) is 11.3 Å². The summed E-state index contributed by atoms with van der Waals surface area (Å²) < 4.78 is 40.4. The standard InChI is InChI=1S/C27H29F3N4O2/c1-17-4-5-19(12-18(17)2)25(36)34-15-23(24(35)32-3)26(16-34)8-10-33(11-9-26)21-7-6-20(14-31)22(13-21)27(28,29)30/h4-7,12-13,23H,8-11,15-16H2,1-3H3,(H,32,35). The van der Waals surface area contributed by atoms with Gasteiger partial charge in [-0.25, -0.2) is 0 Å². The maximum atomic E-state index is 13.5. The molecular formula is C27H29F3N4O2. The summed E-state index contributed by atoms with van der Waals surface area (Å²) in [5, 5.41) is 11.8. The number of hydrogen-bond donors (Lipinski definition) is 1. The van der Waals surface area contributed by atoms with Gasteiger partial charge in [-0.2, -0.15) is 18.4 Å². The average Bonchev–Trinajstić information content (AvgIpc) is 3.23. The zero-order chi connectivity index (χ0) is 26.3. The Balaban J connectivity index is 1.56. The van der Waals surface area contributed by atoms with E-state index in [1.54, 1.807) is 24.1 Å². The average molecular weight is 499 g/mol. The van der Waals surface area contributed by atoms with Crippen LogP contribution in [0.1, 0.15) is 45.5 Å². The van der Waals surface area contributed by atoms with Gasteiger partial charge >= 0.3 is 6.18 Å². The molecule has 2 amide bonds. The summed E-state index contributed by atoms with van der Waals surface area (Å²) in [6, 6.07) is 11.0. The molecule has 0 radical (unpaired) electrons. The van der Waals surface area contributed by atoms with E-state index in [1.165, 1.54) is 12.1 Å². The molecule has 2 aromatic carbocycles. The number of nitrogens with zero attached hydrogens (tertiary/aromatic N) is 3. The third-order valence-corrected chi connectivity index (χ3v) is 7.81. The lowest BCUT2D eigenvalue weighted by Crippen LogP contribution is -2.48. The summed E-state index contributed by atoms with van der Waals surface area (Å²) in [7, 11) is 1.58. The summed E-state index contributed by atoms with van der Waals surface area (Å²) in [4.78, 5) is 29.8. The van der Waals surface area contributed by atoms with Crippen molar-refractivity contribution in [2.45, 2.75) is 32.9 Å². The third kappa shape index (κ3) is 4.64. The molecule has 0 saturated carbocycles. The fraction of sp³-hybridized carbons (Fsp3) is 0.444. The summed E-state index contributed by atoms with van der Waals surface area (Å²) in [6.45, 7) is 5.56. The Labute approximate surface area is 208 Å². The monoisotopic (exact) mass is 498 g/mol. The Morgan fingerprint density at radius 2 is 1.78 bits per heavy atom. The molecule has 0 bridgehead atoms. The van der Waals surface area contributed by atoms with E-state index in [4.69, 9.17) is 5.26 Å². The van der Waals surface area contributed by atoms with Crippen LogP contribution in [-0.4, -0.2) is 49.9 Å².